The van der Waals surface area contributed by atoms with Crippen molar-refractivity contribution in [2.45, 2.75) is 20.3 Å². The summed E-state index contributed by atoms with van der Waals surface area (Å²) in [6.45, 7) is 5.34. The van der Waals surface area contributed by atoms with Crippen LogP contribution >= 0.6 is 0 Å². The smallest absolute Gasteiger partial charge is 0.216 e. The van der Waals surface area contributed by atoms with Gasteiger partial charge in [0.15, 0.2) is 0 Å². The van der Waals surface area contributed by atoms with Crippen molar-refractivity contribution < 1.29 is 8.42 Å². The van der Waals surface area contributed by atoms with E-state index < -0.39 is 10.2 Å². The largest absolute Gasteiger partial charge is 0.276 e. The van der Waals surface area contributed by atoms with Gasteiger partial charge in [-0.2, -0.15) is 12.7 Å². The maximum absolute atomic E-state index is 10.9. The third-order valence-electron chi connectivity index (χ3n) is 2.66. The van der Waals surface area contributed by atoms with E-state index >= 15 is 0 Å². The lowest BCUT2D eigenvalue weighted by Gasteiger charge is -2.33. The van der Waals surface area contributed by atoms with Gasteiger partial charge in [-0.25, -0.2) is 5.14 Å². The zero-order valence-electron chi connectivity index (χ0n) is 7.53. The van der Waals surface area contributed by atoms with E-state index in [4.69, 9.17) is 5.14 Å². The summed E-state index contributed by atoms with van der Waals surface area (Å²) in [5, 5.41) is 5.02. The van der Waals surface area contributed by atoms with Gasteiger partial charge in [0.05, 0.1) is 0 Å². The van der Waals surface area contributed by atoms with Crippen LogP contribution in [-0.4, -0.2) is 25.8 Å². The molecule has 12 heavy (non-hydrogen) atoms. The molecule has 0 aromatic rings. The van der Waals surface area contributed by atoms with E-state index in [1.54, 1.807) is 0 Å². The minimum atomic E-state index is -3.45. The van der Waals surface area contributed by atoms with Crippen molar-refractivity contribution in [2.24, 2.45) is 17.0 Å². The van der Waals surface area contributed by atoms with E-state index in [0.29, 0.717) is 24.9 Å². The summed E-state index contributed by atoms with van der Waals surface area (Å²) in [5.41, 5.74) is 0. The van der Waals surface area contributed by atoms with Gasteiger partial charge in [-0.05, 0) is 18.3 Å². The monoisotopic (exact) mass is 192 g/mol. The highest BCUT2D eigenvalue weighted by atomic mass is 32.2. The quantitative estimate of drug-likeness (QED) is 0.643. The third-order valence-corrected chi connectivity index (χ3v) is 3.71. The Labute approximate surface area is 73.9 Å². The number of hydrogen-bond acceptors (Lipinski definition) is 2. The van der Waals surface area contributed by atoms with Crippen molar-refractivity contribution in [1.82, 2.24) is 4.31 Å². The van der Waals surface area contributed by atoms with Crippen molar-refractivity contribution in [1.29, 1.82) is 0 Å². The van der Waals surface area contributed by atoms with Crippen LogP contribution in [0.15, 0.2) is 0 Å². The Kier molecular flexibility index (Phi) is 2.75. The summed E-state index contributed by atoms with van der Waals surface area (Å²) in [6.07, 6.45) is 0.914. The molecule has 0 aliphatic carbocycles. The highest BCUT2D eigenvalue weighted by Gasteiger charge is 2.27. The first-order valence-electron chi connectivity index (χ1n) is 4.19. The molecule has 0 bridgehead atoms. The molecule has 5 heteroatoms. The number of nitrogens with zero attached hydrogens (tertiary/aromatic N) is 1. The molecule has 1 saturated heterocycles. The van der Waals surface area contributed by atoms with E-state index in [-0.39, 0.29) is 0 Å². The number of piperidine rings is 1. The highest BCUT2D eigenvalue weighted by molar-refractivity contribution is 7.86. The molecule has 1 rings (SSSR count). The molecule has 72 valence electrons. The Morgan fingerprint density at radius 1 is 1.33 bits per heavy atom. The zero-order chi connectivity index (χ0) is 9.35. The minimum absolute atomic E-state index is 0.414. The van der Waals surface area contributed by atoms with Crippen LogP contribution in [0.2, 0.25) is 0 Å². The molecule has 0 saturated carbocycles. The molecule has 2 N–H and O–H groups in total. The summed E-state index contributed by atoms with van der Waals surface area (Å²) in [6, 6.07) is 0. The fourth-order valence-corrected chi connectivity index (χ4v) is 2.26. The van der Waals surface area contributed by atoms with Crippen LogP contribution in [0.3, 0.4) is 0 Å². The van der Waals surface area contributed by atoms with Crippen molar-refractivity contribution in [2.75, 3.05) is 13.1 Å². The summed E-state index contributed by atoms with van der Waals surface area (Å²) in [4.78, 5) is 0. The molecule has 0 aromatic heterocycles. The first-order valence-corrected chi connectivity index (χ1v) is 5.69. The van der Waals surface area contributed by atoms with Crippen molar-refractivity contribution in [3.8, 4) is 0 Å². The van der Waals surface area contributed by atoms with Gasteiger partial charge in [-0.3, -0.25) is 0 Å². The predicted molar refractivity (Wildman–Crippen MR) is 47.6 cm³/mol. The van der Waals surface area contributed by atoms with Crippen molar-refractivity contribution in [3.63, 3.8) is 0 Å². The minimum Gasteiger partial charge on any atom is -0.216 e. The molecule has 1 aliphatic rings. The summed E-state index contributed by atoms with van der Waals surface area (Å²) < 4.78 is 23.2. The lowest BCUT2D eigenvalue weighted by molar-refractivity contribution is 0.212. The molecule has 0 radical (unpaired) electrons. The standard InChI is InChI=1S/C7H16N2O2S/c1-6-3-4-9(5-7(6)2)12(8,10)11/h6-7H,3-5H2,1-2H3,(H2,8,10,11)/t6-,7-/m1/s1. The summed E-state index contributed by atoms with van der Waals surface area (Å²) >= 11 is 0. The van der Waals surface area contributed by atoms with Crippen LogP contribution in [0.25, 0.3) is 0 Å². The van der Waals surface area contributed by atoms with Gasteiger partial charge in [0.1, 0.15) is 0 Å². The van der Waals surface area contributed by atoms with Crippen LogP contribution in [0, 0.1) is 11.8 Å². The summed E-state index contributed by atoms with van der Waals surface area (Å²) in [5.74, 6) is 1.01. The number of hydrogen-bond donors (Lipinski definition) is 1. The maximum atomic E-state index is 10.9. The lowest BCUT2D eigenvalue weighted by atomic mass is 9.90. The molecule has 4 nitrogen and oxygen atoms in total. The normalized spacial score (nSPS) is 33.6. The van der Waals surface area contributed by atoms with Gasteiger partial charge in [0.2, 0.25) is 0 Å². The first kappa shape index (κ1) is 9.95. The van der Waals surface area contributed by atoms with Crippen molar-refractivity contribution in [3.05, 3.63) is 0 Å². The van der Waals surface area contributed by atoms with E-state index in [1.807, 2.05) is 0 Å². The molecule has 1 fully saturated rings. The fraction of sp³-hybridized carbons (Fsp3) is 1.00. The van der Waals surface area contributed by atoms with E-state index in [2.05, 4.69) is 13.8 Å². The van der Waals surface area contributed by atoms with Crippen molar-refractivity contribution >= 4 is 10.2 Å². The second-order valence-electron chi connectivity index (χ2n) is 3.65. The molecule has 1 heterocycles. The van der Waals surface area contributed by atoms with Crippen LogP contribution in [0.4, 0.5) is 0 Å². The second kappa shape index (κ2) is 3.32. The van der Waals surface area contributed by atoms with Gasteiger partial charge >= 0.3 is 0 Å². The molecular weight excluding hydrogens is 176 g/mol. The molecule has 0 aromatic carbocycles. The molecule has 2 atom stereocenters. The van der Waals surface area contributed by atoms with E-state index in [0.717, 1.165) is 6.42 Å². The second-order valence-corrected chi connectivity index (χ2v) is 5.19. The molecule has 0 spiro atoms. The Bertz CT molecular complexity index is 250. The Hall–Kier alpha value is -0.130. The van der Waals surface area contributed by atoms with Gasteiger partial charge in [-0.1, -0.05) is 13.8 Å². The average molecular weight is 192 g/mol. The maximum Gasteiger partial charge on any atom is 0.276 e. The highest BCUT2D eigenvalue weighted by Crippen LogP contribution is 2.23. The SMILES string of the molecule is C[C@@H]1CCN(S(N)(=O)=O)C[C@H]1C. The van der Waals surface area contributed by atoms with Crippen LogP contribution < -0.4 is 5.14 Å². The van der Waals surface area contributed by atoms with E-state index in [1.165, 1.54) is 4.31 Å². The molecule has 1 aliphatic heterocycles. The third kappa shape index (κ3) is 2.18. The van der Waals surface area contributed by atoms with Gasteiger partial charge in [0.25, 0.3) is 10.2 Å². The molecular formula is C7H16N2O2S. The first-order chi connectivity index (χ1) is 5.41. The molecule has 0 unspecified atom stereocenters. The molecule has 0 amide bonds. The van der Waals surface area contributed by atoms with Crippen LogP contribution in [0.1, 0.15) is 20.3 Å². The van der Waals surface area contributed by atoms with Gasteiger partial charge in [0, 0.05) is 13.1 Å². The zero-order valence-corrected chi connectivity index (χ0v) is 8.34. The Balaban J connectivity index is 2.64. The van der Waals surface area contributed by atoms with Crippen LogP contribution in [0.5, 0.6) is 0 Å². The Morgan fingerprint density at radius 3 is 2.33 bits per heavy atom. The average Bonchev–Trinajstić information content (AvgIpc) is 1.92. The van der Waals surface area contributed by atoms with Crippen LogP contribution in [-0.2, 0) is 10.2 Å². The van der Waals surface area contributed by atoms with Gasteiger partial charge < -0.3 is 0 Å². The predicted octanol–water partition coefficient (Wildman–Crippen LogP) is 0.168. The fourth-order valence-electron chi connectivity index (χ4n) is 1.46. The topological polar surface area (TPSA) is 63.4 Å². The van der Waals surface area contributed by atoms with Gasteiger partial charge in [-0.15, -0.1) is 0 Å². The number of rotatable bonds is 1. The Morgan fingerprint density at radius 2 is 1.92 bits per heavy atom. The lowest BCUT2D eigenvalue weighted by Crippen LogP contribution is -2.45. The number of nitrogens with two attached hydrogens (primary N) is 1. The summed E-state index contributed by atoms with van der Waals surface area (Å²) in [7, 11) is -3.45. The van der Waals surface area contributed by atoms with E-state index in [9.17, 15) is 8.42 Å².